The van der Waals surface area contributed by atoms with Crippen molar-refractivity contribution in [3.05, 3.63) is 65.0 Å². The lowest BCUT2D eigenvalue weighted by Crippen LogP contribution is -2.37. The van der Waals surface area contributed by atoms with E-state index in [-0.39, 0.29) is 5.91 Å². The number of thiazole rings is 1. The largest absolute Gasteiger partial charge is 0.497 e. The number of hydrogen-bond donors (Lipinski definition) is 1. The third-order valence-electron chi connectivity index (χ3n) is 4.30. The number of benzene rings is 2. The molecule has 2 aromatic carbocycles. The zero-order valence-electron chi connectivity index (χ0n) is 14.5. The molecule has 0 saturated carbocycles. The number of fused-ring (bicyclic) bond motifs is 1. The third-order valence-corrected chi connectivity index (χ3v) is 5.06. The van der Waals surface area contributed by atoms with Gasteiger partial charge >= 0.3 is 5.97 Å². The van der Waals surface area contributed by atoms with Crippen LogP contribution in [0, 0.1) is 0 Å². The molecular formula is C20H16N2O4S. The van der Waals surface area contributed by atoms with E-state index in [9.17, 15) is 9.59 Å². The molecule has 6 nitrogen and oxygen atoms in total. The van der Waals surface area contributed by atoms with Crippen LogP contribution in [0.4, 0.5) is 5.13 Å². The van der Waals surface area contributed by atoms with E-state index in [0.717, 1.165) is 22.6 Å². The van der Waals surface area contributed by atoms with Crippen molar-refractivity contribution >= 4 is 28.3 Å². The summed E-state index contributed by atoms with van der Waals surface area (Å²) in [6, 6.07) is 14.7. The standard InChI is InChI=1S/C20H16N2O4S/c1-25-14-8-6-12(7-9-14)16-11-27-20(21-16)22-18(23)17-10-13-4-2-3-5-15(13)19(24)26-17/h2-9,11,17H,10H2,1H3,(H,21,22,23)/t17-/m1/s1. The van der Waals surface area contributed by atoms with Gasteiger partial charge in [-0.05, 0) is 35.9 Å². The number of nitrogens with one attached hydrogen (secondary N) is 1. The fraction of sp³-hybridized carbons (Fsp3) is 0.150. The van der Waals surface area contributed by atoms with Gasteiger partial charge in [-0.2, -0.15) is 0 Å². The second-order valence-corrected chi connectivity index (χ2v) is 6.87. The molecule has 1 aliphatic rings. The maximum absolute atomic E-state index is 12.5. The number of nitrogens with zero attached hydrogens (tertiary/aromatic N) is 1. The van der Waals surface area contributed by atoms with Crippen molar-refractivity contribution in [2.75, 3.05) is 12.4 Å². The summed E-state index contributed by atoms with van der Waals surface area (Å²) in [5.41, 5.74) is 3.00. The molecule has 0 spiro atoms. The summed E-state index contributed by atoms with van der Waals surface area (Å²) in [4.78, 5) is 29.0. The SMILES string of the molecule is COc1ccc(-c2csc(NC(=O)[C@H]3Cc4ccccc4C(=O)O3)n2)cc1. The van der Waals surface area contributed by atoms with Crippen LogP contribution in [0.15, 0.2) is 53.9 Å². The Labute approximate surface area is 159 Å². The van der Waals surface area contributed by atoms with Gasteiger partial charge in [0.25, 0.3) is 5.91 Å². The lowest BCUT2D eigenvalue weighted by molar-refractivity contribution is -0.125. The van der Waals surface area contributed by atoms with Gasteiger partial charge in [0.05, 0.1) is 18.4 Å². The quantitative estimate of drug-likeness (QED) is 0.701. The number of carbonyl (C=O) groups is 2. The van der Waals surface area contributed by atoms with Crippen LogP contribution >= 0.6 is 11.3 Å². The van der Waals surface area contributed by atoms with E-state index in [1.165, 1.54) is 11.3 Å². The lowest BCUT2D eigenvalue weighted by Gasteiger charge is -2.23. The van der Waals surface area contributed by atoms with Crippen molar-refractivity contribution in [2.24, 2.45) is 0 Å². The molecule has 4 rings (SSSR count). The van der Waals surface area contributed by atoms with Crippen molar-refractivity contribution in [2.45, 2.75) is 12.5 Å². The van der Waals surface area contributed by atoms with Crippen LogP contribution in [-0.4, -0.2) is 30.1 Å². The highest BCUT2D eigenvalue weighted by Gasteiger charge is 2.31. The fourth-order valence-electron chi connectivity index (χ4n) is 2.89. The number of cyclic esters (lactones) is 1. The van der Waals surface area contributed by atoms with Gasteiger partial charge in [0.2, 0.25) is 0 Å². The topological polar surface area (TPSA) is 77.5 Å². The summed E-state index contributed by atoms with van der Waals surface area (Å²) >= 11 is 1.32. The van der Waals surface area contributed by atoms with E-state index in [1.807, 2.05) is 41.8 Å². The first-order valence-electron chi connectivity index (χ1n) is 8.34. The van der Waals surface area contributed by atoms with Crippen molar-refractivity contribution in [3.63, 3.8) is 0 Å². The Morgan fingerprint density at radius 3 is 2.78 bits per heavy atom. The van der Waals surface area contributed by atoms with Crippen molar-refractivity contribution in [1.82, 2.24) is 4.98 Å². The number of ether oxygens (including phenoxy) is 2. The summed E-state index contributed by atoms with van der Waals surface area (Å²) in [7, 11) is 1.61. The van der Waals surface area contributed by atoms with E-state index in [2.05, 4.69) is 10.3 Å². The normalized spacial score (nSPS) is 15.6. The van der Waals surface area contributed by atoms with Gasteiger partial charge in [-0.1, -0.05) is 18.2 Å². The minimum Gasteiger partial charge on any atom is -0.497 e. The number of esters is 1. The molecule has 27 heavy (non-hydrogen) atoms. The predicted molar refractivity (Wildman–Crippen MR) is 102 cm³/mol. The Bertz CT molecular complexity index is 997. The fourth-order valence-corrected chi connectivity index (χ4v) is 3.61. The van der Waals surface area contributed by atoms with Gasteiger partial charge in [0, 0.05) is 17.4 Å². The predicted octanol–water partition coefficient (Wildman–Crippen LogP) is 3.54. The molecule has 2 heterocycles. The number of amides is 1. The van der Waals surface area contributed by atoms with Crippen LogP contribution in [0.5, 0.6) is 5.75 Å². The molecular weight excluding hydrogens is 364 g/mol. The van der Waals surface area contributed by atoms with Crippen LogP contribution in [0.1, 0.15) is 15.9 Å². The Morgan fingerprint density at radius 2 is 2.00 bits per heavy atom. The molecule has 0 aliphatic carbocycles. The first kappa shape index (κ1) is 17.2. The molecule has 0 bridgehead atoms. The van der Waals surface area contributed by atoms with Gasteiger partial charge in [-0.25, -0.2) is 9.78 Å². The van der Waals surface area contributed by atoms with Gasteiger partial charge in [-0.15, -0.1) is 11.3 Å². The lowest BCUT2D eigenvalue weighted by atomic mass is 9.98. The number of hydrogen-bond acceptors (Lipinski definition) is 6. The monoisotopic (exact) mass is 380 g/mol. The van der Waals surface area contributed by atoms with Gasteiger partial charge in [-0.3, -0.25) is 10.1 Å². The Hall–Kier alpha value is -3.19. The summed E-state index contributed by atoms with van der Waals surface area (Å²) < 4.78 is 10.4. The van der Waals surface area contributed by atoms with Crippen molar-refractivity contribution < 1.29 is 19.1 Å². The number of methoxy groups -OCH3 is 1. The molecule has 1 amide bonds. The minimum absolute atomic E-state index is 0.352. The van der Waals surface area contributed by atoms with Crippen molar-refractivity contribution in [1.29, 1.82) is 0 Å². The first-order valence-corrected chi connectivity index (χ1v) is 9.22. The van der Waals surface area contributed by atoms with Crippen LogP contribution in [-0.2, 0) is 16.0 Å². The molecule has 1 atom stereocenters. The molecule has 1 N–H and O–H groups in total. The molecule has 0 saturated heterocycles. The minimum atomic E-state index is -0.860. The van der Waals surface area contributed by atoms with Gasteiger partial charge < -0.3 is 9.47 Å². The highest BCUT2D eigenvalue weighted by Crippen LogP contribution is 2.27. The number of carbonyl (C=O) groups excluding carboxylic acids is 2. The van der Waals surface area contributed by atoms with E-state index in [1.54, 1.807) is 19.2 Å². The van der Waals surface area contributed by atoms with Crippen LogP contribution in [0.25, 0.3) is 11.3 Å². The second-order valence-electron chi connectivity index (χ2n) is 6.01. The van der Waals surface area contributed by atoms with Crippen LogP contribution in [0.2, 0.25) is 0 Å². The molecule has 0 fully saturated rings. The number of anilines is 1. The van der Waals surface area contributed by atoms with E-state index in [4.69, 9.17) is 9.47 Å². The first-order chi connectivity index (χ1) is 13.1. The molecule has 1 aromatic heterocycles. The highest BCUT2D eigenvalue weighted by molar-refractivity contribution is 7.14. The van der Waals surface area contributed by atoms with Crippen LogP contribution < -0.4 is 10.1 Å². The van der Waals surface area contributed by atoms with Gasteiger partial charge in [0.1, 0.15) is 5.75 Å². The molecule has 3 aromatic rings. The Kier molecular flexibility index (Phi) is 4.60. The second kappa shape index (κ2) is 7.20. The average Bonchev–Trinajstić information content (AvgIpc) is 3.16. The van der Waals surface area contributed by atoms with E-state index in [0.29, 0.717) is 17.1 Å². The van der Waals surface area contributed by atoms with Gasteiger partial charge in [0.15, 0.2) is 11.2 Å². The summed E-state index contributed by atoms with van der Waals surface area (Å²) in [6.07, 6.45) is -0.509. The molecule has 136 valence electrons. The van der Waals surface area contributed by atoms with Crippen LogP contribution in [0.3, 0.4) is 0 Å². The highest BCUT2D eigenvalue weighted by atomic mass is 32.1. The molecule has 0 unspecified atom stereocenters. The Morgan fingerprint density at radius 1 is 1.22 bits per heavy atom. The smallest absolute Gasteiger partial charge is 0.339 e. The number of rotatable bonds is 4. The maximum atomic E-state index is 12.5. The zero-order chi connectivity index (χ0) is 18.8. The Balaban J connectivity index is 1.46. The molecule has 0 radical (unpaired) electrons. The van der Waals surface area contributed by atoms with E-state index >= 15 is 0 Å². The van der Waals surface area contributed by atoms with Crippen molar-refractivity contribution in [3.8, 4) is 17.0 Å². The van der Waals surface area contributed by atoms with E-state index < -0.39 is 12.1 Å². The zero-order valence-corrected chi connectivity index (χ0v) is 15.3. The maximum Gasteiger partial charge on any atom is 0.339 e. The third kappa shape index (κ3) is 3.54. The average molecular weight is 380 g/mol. The molecule has 1 aliphatic heterocycles. The summed E-state index contributed by atoms with van der Waals surface area (Å²) in [6.45, 7) is 0. The summed E-state index contributed by atoms with van der Waals surface area (Å²) in [5.74, 6) is -0.0922. The molecule has 7 heteroatoms. The summed E-state index contributed by atoms with van der Waals surface area (Å²) in [5, 5.41) is 5.06. The number of aromatic nitrogens is 1.